The van der Waals surface area contributed by atoms with Crippen molar-refractivity contribution in [3.63, 3.8) is 0 Å². The third-order valence-corrected chi connectivity index (χ3v) is 5.83. The van der Waals surface area contributed by atoms with Crippen LogP contribution in [-0.2, 0) is 26.0 Å². The molecule has 2 rings (SSSR count). The standard InChI is InChI=1S/C17H27N3O4S.ClH/c1-17(2,18)13-19-16(21)8-5-14-3-6-15(7-4-14)25(22,23)20-9-11-24-12-10-20;/h3-4,6-7H,5,8-13,18H2,1-2H3,(H,19,21);1H. The van der Waals surface area contributed by atoms with Crippen LogP contribution in [0.25, 0.3) is 0 Å². The molecule has 0 spiro atoms. The smallest absolute Gasteiger partial charge is 0.243 e. The van der Waals surface area contributed by atoms with Gasteiger partial charge in [-0.2, -0.15) is 4.31 Å². The number of carbonyl (C=O) groups excluding carboxylic acids is 1. The van der Waals surface area contributed by atoms with Crippen LogP contribution in [0.2, 0.25) is 0 Å². The van der Waals surface area contributed by atoms with E-state index in [0.717, 1.165) is 5.56 Å². The number of aryl methyl sites for hydroxylation is 1. The van der Waals surface area contributed by atoms with Crippen LogP contribution >= 0.6 is 12.4 Å². The molecule has 7 nitrogen and oxygen atoms in total. The topological polar surface area (TPSA) is 102 Å². The van der Waals surface area contributed by atoms with E-state index in [2.05, 4.69) is 5.32 Å². The second kappa shape index (κ2) is 9.66. The zero-order chi connectivity index (χ0) is 18.5. The summed E-state index contributed by atoms with van der Waals surface area (Å²) in [6, 6.07) is 6.71. The fraction of sp³-hybridized carbons (Fsp3) is 0.588. The molecule has 1 aromatic carbocycles. The Morgan fingerprint density at radius 2 is 1.81 bits per heavy atom. The molecule has 1 heterocycles. The summed E-state index contributed by atoms with van der Waals surface area (Å²) in [6.45, 7) is 5.71. The van der Waals surface area contributed by atoms with Gasteiger partial charge < -0.3 is 15.8 Å². The van der Waals surface area contributed by atoms with Crippen LogP contribution in [0.1, 0.15) is 25.8 Å². The summed E-state index contributed by atoms with van der Waals surface area (Å²) in [5.74, 6) is -0.0662. The van der Waals surface area contributed by atoms with Gasteiger partial charge in [0.25, 0.3) is 0 Å². The molecular weight excluding hydrogens is 378 g/mol. The number of carbonyl (C=O) groups is 1. The number of benzene rings is 1. The van der Waals surface area contributed by atoms with Crippen molar-refractivity contribution in [3.8, 4) is 0 Å². The van der Waals surface area contributed by atoms with Crippen molar-refractivity contribution in [2.45, 2.75) is 37.1 Å². The number of nitrogens with zero attached hydrogens (tertiary/aromatic N) is 1. The maximum atomic E-state index is 12.5. The Balaban J connectivity index is 0.00000338. The fourth-order valence-corrected chi connectivity index (χ4v) is 3.84. The average Bonchev–Trinajstić information content (AvgIpc) is 2.58. The van der Waals surface area contributed by atoms with Crippen LogP contribution in [0.4, 0.5) is 0 Å². The lowest BCUT2D eigenvalue weighted by Crippen LogP contribution is -2.45. The van der Waals surface area contributed by atoms with Gasteiger partial charge in [-0.1, -0.05) is 12.1 Å². The lowest BCUT2D eigenvalue weighted by molar-refractivity contribution is -0.121. The van der Waals surface area contributed by atoms with Gasteiger partial charge in [-0.05, 0) is 38.0 Å². The van der Waals surface area contributed by atoms with Gasteiger partial charge in [-0.25, -0.2) is 8.42 Å². The fourth-order valence-electron chi connectivity index (χ4n) is 2.44. The maximum Gasteiger partial charge on any atom is 0.243 e. The number of rotatable bonds is 7. The normalized spacial score (nSPS) is 16.0. The minimum absolute atomic E-state index is 0. The Kier molecular flexibility index (Phi) is 8.49. The zero-order valence-electron chi connectivity index (χ0n) is 15.2. The molecule has 1 aromatic rings. The predicted octanol–water partition coefficient (Wildman–Crippen LogP) is 0.915. The van der Waals surface area contributed by atoms with Gasteiger partial charge in [-0.3, -0.25) is 4.79 Å². The molecule has 3 N–H and O–H groups in total. The van der Waals surface area contributed by atoms with Gasteiger partial charge in [-0.15, -0.1) is 12.4 Å². The average molecular weight is 406 g/mol. The molecule has 0 bridgehead atoms. The number of hydrogen-bond acceptors (Lipinski definition) is 5. The first-order chi connectivity index (χ1) is 11.7. The van der Waals surface area contributed by atoms with Crippen LogP contribution in [0, 0.1) is 0 Å². The van der Waals surface area contributed by atoms with Crippen molar-refractivity contribution in [2.75, 3.05) is 32.8 Å². The highest BCUT2D eigenvalue weighted by atomic mass is 35.5. The molecule has 26 heavy (non-hydrogen) atoms. The molecule has 1 aliphatic rings. The van der Waals surface area contributed by atoms with E-state index in [-0.39, 0.29) is 23.2 Å². The Morgan fingerprint density at radius 1 is 1.23 bits per heavy atom. The van der Waals surface area contributed by atoms with Crippen molar-refractivity contribution in [3.05, 3.63) is 29.8 Å². The van der Waals surface area contributed by atoms with E-state index in [4.69, 9.17) is 10.5 Å². The minimum atomic E-state index is -3.47. The van der Waals surface area contributed by atoms with Gasteiger partial charge >= 0.3 is 0 Å². The van der Waals surface area contributed by atoms with E-state index >= 15 is 0 Å². The van der Waals surface area contributed by atoms with Crippen molar-refractivity contribution in [1.29, 1.82) is 0 Å². The van der Waals surface area contributed by atoms with Gasteiger partial charge in [0, 0.05) is 31.6 Å². The van der Waals surface area contributed by atoms with Crippen molar-refractivity contribution in [1.82, 2.24) is 9.62 Å². The monoisotopic (exact) mass is 405 g/mol. The minimum Gasteiger partial charge on any atom is -0.379 e. The van der Waals surface area contributed by atoms with Crippen molar-refractivity contribution < 1.29 is 17.9 Å². The van der Waals surface area contributed by atoms with E-state index in [0.29, 0.717) is 45.7 Å². The number of morpholine rings is 1. The molecule has 0 aliphatic carbocycles. The molecule has 0 atom stereocenters. The van der Waals surface area contributed by atoms with Crippen molar-refractivity contribution in [2.24, 2.45) is 5.73 Å². The molecule has 1 saturated heterocycles. The first-order valence-corrected chi connectivity index (χ1v) is 9.85. The summed E-state index contributed by atoms with van der Waals surface area (Å²) >= 11 is 0. The lowest BCUT2D eigenvalue weighted by atomic mass is 10.1. The third kappa shape index (κ3) is 6.85. The summed E-state index contributed by atoms with van der Waals surface area (Å²) in [5, 5.41) is 2.79. The van der Waals surface area contributed by atoms with Crippen molar-refractivity contribution >= 4 is 28.3 Å². The highest BCUT2D eigenvalue weighted by Crippen LogP contribution is 2.18. The Morgan fingerprint density at radius 3 is 2.35 bits per heavy atom. The summed E-state index contributed by atoms with van der Waals surface area (Å²) in [4.78, 5) is 12.1. The first-order valence-electron chi connectivity index (χ1n) is 8.41. The van der Waals surface area contributed by atoms with Crippen LogP contribution in [-0.4, -0.2) is 57.0 Å². The summed E-state index contributed by atoms with van der Waals surface area (Å²) in [5.41, 5.74) is 6.31. The number of nitrogens with one attached hydrogen (secondary N) is 1. The largest absolute Gasteiger partial charge is 0.379 e. The second-order valence-corrected chi connectivity index (χ2v) is 8.86. The summed E-state index contributed by atoms with van der Waals surface area (Å²) < 4.78 is 31.7. The van der Waals surface area contributed by atoms with Crippen LogP contribution in [0.15, 0.2) is 29.2 Å². The predicted molar refractivity (Wildman–Crippen MR) is 103 cm³/mol. The van der Waals surface area contributed by atoms with E-state index in [1.165, 1.54) is 4.31 Å². The number of sulfonamides is 1. The van der Waals surface area contributed by atoms with E-state index in [1.807, 2.05) is 13.8 Å². The van der Waals surface area contributed by atoms with Gasteiger partial charge in [0.05, 0.1) is 18.1 Å². The zero-order valence-corrected chi connectivity index (χ0v) is 16.9. The highest BCUT2D eigenvalue weighted by molar-refractivity contribution is 7.89. The van der Waals surface area contributed by atoms with E-state index in [1.54, 1.807) is 24.3 Å². The number of nitrogens with two attached hydrogens (primary N) is 1. The number of halogens is 1. The molecule has 0 unspecified atom stereocenters. The number of hydrogen-bond donors (Lipinski definition) is 2. The third-order valence-electron chi connectivity index (χ3n) is 3.91. The van der Waals surface area contributed by atoms with Gasteiger partial charge in [0.15, 0.2) is 0 Å². The Bertz CT molecular complexity index is 681. The highest BCUT2D eigenvalue weighted by Gasteiger charge is 2.26. The number of amides is 1. The maximum absolute atomic E-state index is 12.5. The van der Waals surface area contributed by atoms with Crippen LogP contribution in [0.5, 0.6) is 0 Å². The summed E-state index contributed by atoms with van der Waals surface area (Å²) in [6.07, 6.45) is 0.889. The summed E-state index contributed by atoms with van der Waals surface area (Å²) in [7, 11) is -3.47. The van der Waals surface area contributed by atoms with E-state index < -0.39 is 15.6 Å². The molecule has 148 valence electrons. The molecule has 0 radical (unpaired) electrons. The first kappa shape index (κ1) is 22.9. The Labute approximate surface area is 161 Å². The molecule has 1 aliphatic heterocycles. The quantitative estimate of drug-likeness (QED) is 0.702. The molecule has 1 amide bonds. The second-order valence-electron chi connectivity index (χ2n) is 6.93. The molecular formula is C17H28ClN3O4S. The SMILES string of the molecule is CC(C)(N)CNC(=O)CCc1ccc(S(=O)(=O)N2CCOCC2)cc1.Cl. The Hall–Kier alpha value is -1.19. The van der Waals surface area contributed by atoms with Gasteiger partial charge in [0.1, 0.15) is 0 Å². The lowest BCUT2D eigenvalue weighted by Gasteiger charge is -2.26. The van der Waals surface area contributed by atoms with E-state index in [9.17, 15) is 13.2 Å². The molecule has 0 aromatic heterocycles. The van der Waals surface area contributed by atoms with Crippen LogP contribution in [0.3, 0.4) is 0 Å². The van der Waals surface area contributed by atoms with Gasteiger partial charge in [0.2, 0.25) is 15.9 Å². The molecule has 9 heteroatoms. The molecule has 0 saturated carbocycles. The number of ether oxygens (including phenoxy) is 1. The van der Waals surface area contributed by atoms with Crippen LogP contribution < -0.4 is 11.1 Å². The molecule has 1 fully saturated rings.